The van der Waals surface area contributed by atoms with Gasteiger partial charge in [0.2, 0.25) is 0 Å². The van der Waals surface area contributed by atoms with Crippen molar-refractivity contribution in [3.8, 4) is 5.75 Å². The highest BCUT2D eigenvalue weighted by molar-refractivity contribution is 5.91. The molecule has 0 aliphatic rings. The van der Waals surface area contributed by atoms with E-state index >= 15 is 0 Å². The van der Waals surface area contributed by atoms with Crippen LogP contribution in [0.25, 0.3) is 0 Å². The largest absolute Gasteiger partial charge is 0.484 e. The molecule has 0 spiro atoms. The van der Waals surface area contributed by atoms with E-state index in [0.29, 0.717) is 11.6 Å². The number of anilines is 2. The van der Waals surface area contributed by atoms with E-state index in [9.17, 15) is 4.79 Å². The predicted molar refractivity (Wildman–Crippen MR) is 88.3 cm³/mol. The molecule has 1 aromatic carbocycles. The van der Waals surface area contributed by atoms with E-state index in [1.54, 1.807) is 12.3 Å². The maximum atomic E-state index is 11.8. The molecular weight excluding hydrogens is 278 g/mol. The fourth-order valence-corrected chi connectivity index (χ4v) is 1.80. The molecule has 0 bridgehead atoms. The Bertz CT molecular complexity index is 594. The van der Waals surface area contributed by atoms with Gasteiger partial charge in [-0.05, 0) is 37.6 Å². The first-order valence-electron chi connectivity index (χ1n) is 7.36. The van der Waals surface area contributed by atoms with Gasteiger partial charge in [-0.2, -0.15) is 0 Å². The summed E-state index contributed by atoms with van der Waals surface area (Å²) < 4.78 is 5.42. The van der Waals surface area contributed by atoms with Gasteiger partial charge in [-0.15, -0.1) is 0 Å². The second-order valence-electron chi connectivity index (χ2n) is 5.01. The van der Waals surface area contributed by atoms with Gasteiger partial charge in [0.05, 0.1) is 11.9 Å². The van der Waals surface area contributed by atoms with Crippen LogP contribution in [0.4, 0.5) is 11.5 Å². The lowest BCUT2D eigenvalue weighted by Crippen LogP contribution is -2.20. The summed E-state index contributed by atoms with van der Waals surface area (Å²) in [7, 11) is 0. The first kappa shape index (κ1) is 15.8. The van der Waals surface area contributed by atoms with Gasteiger partial charge in [-0.3, -0.25) is 4.79 Å². The number of ether oxygens (including phenoxy) is 1. The quantitative estimate of drug-likeness (QED) is 0.824. The lowest BCUT2D eigenvalue weighted by atomic mass is 10.2. The molecule has 5 heteroatoms. The van der Waals surface area contributed by atoms with Gasteiger partial charge in [0.15, 0.2) is 6.61 Å². The summed E-state index contributed by atoms with van der Waals surface area (Å²) in [6.45, 7) is 4.96. The van der Waals surface area contributed by atoms with Crippen molar-refractivity contribution in [3.05, 3.63) is 48.2 Å². The van der Waals surface area contributed by atoms with E-state index in [-0.39, 0.29) is 12.5 Å². The summed E-state index contributed by atoms with van der Waals surface area (Å²) in [5.41, 5.74) is 2.09. The van der Waals surface area contributed by atoms with Crippen LogP contribution in [0.5, 0.6) is 5.75 Å². The smallest absolute Gasteiger partial charge is 0.263 e. The molecule has 116 valence electrons. The third-order valence-electron chi connectivity index (χ3n) is 3.00. The van der Waals surface area contributed by atoms with E-state index in [2.05, 4.69) is 22.5 Å². The molecular formula is C17H21N3O2. The average Bonchev–Trinajstić information content (AvgIpc) is 2.54. The topological polar surface area (TPSA) is 63.2 Å². The number of carbonyl (C=O) groups is 1. The number of hydrogen-bond acceptors (Lipinski definition) is 4. The highest BCUT2D eigenvalue weighted by atomic mass is 16.5. The SMILES string of the molecule is CCCNc1ccc(NC(=O)COc2ccc(C)cc2)nc1. The average molecular weight is 299 g/mol. The highest BCUT2D eigenvalue weighted by Gasteiger charge is 2.04. The second-order valence-corrected chi connectivity index (χ2v) is 5.01. The van der Waals surface area contributed by atoms with Crippen LogP contribution in [-0.2, 0) is 4.79 Å². The first-order chi connectivity index (χ1) is 10.7. The monoisotopic (exact) mass is 299 g/mol. The van der Waals surface area contributed by atoms with Gasteiger partial charge >= 0.3 is 0 Å². The molecule has 0 saturated heterocycles. The number of pyridine rings is 1. The van der Waals surface area contributed by atoms with Gasteiger partial charge in [0.1, 0.15) is 11.6 Å². The minimum Gasteiger partial charge on any atom is -0.484 e. The van der Waals surface area contributed by atoms with Crippen molar-refractivity contribution in [2.75, 3.05) is 23.8 Å². The van der Waals surface area contributed by atoms with Gasteiger partial charge in [-0.1, -0.05) is 24.6 Å². The third-order valence-corrected chi connectivity index (χ3v) is 3.00. The van der Waals surface area contributed by atoms with Crippen LogP contribution < -0.4 is 15.4 Å². The molecule has 5 nitrogen and oxygen atoms in total. The van der Waals surface area contributed by atoms with Crippen LogP contribution in [0, 0.1) is 6.92 Å². The molecule has 1 aromatic heterocycles. The summed E-state index contributed by atoms with van der Waals surface area (Å²) in [5.74, 6) is 0.953. The standard InChI is InChI=1S/C17H21N3O2/c1-3-10-18-14-6-9-16(19-11-14)20-17(21)12-22-15-7-4-13(2)5-8-15/h4-9,11,18H,3,10,12H2,1-2H3,(H,19,20,21). The lowest BCUT2D eigenvalue weighted by Gasteiger charge is -2.08. The maximum Gasteiger partial charge on any atom is 0.263 e. The second kappa shape index (κ2) is 8.02. The van der Waals surface area contributed by atoms with Crippen LogP contribution in [0.3, 0.4) is 0 Å². The molecule has 0 saturated carbocycles. The number of hydrogen-bond donors (Lipinski definition) is 2. The number of amides is 1. The van der Waals surface area contributed by atoms with E-state index in [0.717, 1.165) is 24.2 Å². The zero-order valence-corrected chi connectivity index (χ0v) is 12.9. The van der Waals surface area contributed by atoms with Crippen molar-refractivity contribution >= 4 is 17.4 Å². The first-order valence-corrected chi connectivity index (χ1v) is 7.36. The fourth-order valence-electron chi connectivity index (χ4n) is 1.80. The Labute approximate surface area is 130 Å². The van der Waals surface area contributed by atoms with E-state index in [1.165, 1.54) is 0 Å². The van der Waals surface area contributed by atoms with Crippen molar-refractivity contribution in [1.29, 1.82) is 0 Å². The molecule has 2 rings (SSSR count). The lowest BCUT2D eigenvalue weighted by molar-refractivity contribution is -0.118. The Morgan fingerprint density at radius 1 is 1.18 bits per heavy atom. The highest BCUT2D eigenvalue weighted by Crippen LogP contribution is 2.12. The molecule has 0 fully saturated rings. The number of benzene rings is 1. The molecule has 0 radical (unpaired) electrons. The van der Waals surface area contributed by atoms with Crippen molar-refractivity contribution in [3.63, 3.8) is 0 Å². The fraction of sp³-hybridized carbons (Fsp3) is 0.294. The molecule has 2 N–H and O–H groups in total. The van der Waals surface area contributed by atoms with E-state index in [4.69, 9.17) is 4.74 Å². The van der Waals surface area contributed by atoms with E-state index in [1.807, 2.05) is 37.3 Å². The molecule has 0 atom stereocenters. The minimum absolute atomic E-state index is 0.0411. The predicted octanol–water partition coefficient (Wildman–Crippen LogP) is 3.23. The van der Waals surface area contributed by atoms with Crippen LogP contribution in [-0.4, -0.2) is 24.0 Å². The zero-order chi connectivity index (χ0) is 15.8. The Morgan fingerprint density at radius 3 is 2.59 bits per heavy atom. The van der Waals surface area contributed by atoms with Crippen molar-refractivity contribution in [1.82, 2.24) is 4.98 Å². The number of rotatable bonds is 7. The summed E-state index contributed by atoms with van der Waals surface area (Å²) in [6.07, 6.45) is 2.75. The Kier molecular flexibility index (Phi) is 5.77. The van der Waals surface area contributed by atoms with Crippen molar-refractivity contribution in [2.24, 2.45) is 0 Å². The number of aromatic nitrogens is 1. The molecule has 1 amide bonds. The summed E-state index contributed by atoms with van der Waals surface area (Å²) in [4.78, 5) is 16.0. The van der Waals surface area contributed by atoms with Crippen molar-refractivity contribution < 1.29 is 9.53 Å². The van der Waals surface area contributed by atoms with Crippen LogP contribution in [0.2, 0.25) is 0 Å². The Morgan fingerprint density at radius 2 is 1.95 bits per heavy atom. The van der Waals surface area contributed by atoms with E-state index < -0.39 is 0 Å². The Balaban J connectivity index is 1.80. The number of nitrogens with one attached hydrogen (secondary N) is 2. The van der Waals surface area contributed by atoms with Crippen LogP contribution in [0.15, 0.2) is 42.6 Å². The van der Waals surface area contributed by atoms with Gasteiger partial charge < -0.3 is 15.4 Å². The summed E-state index contributed by atoms with van der Waals surface area (Å²) in [6, 6.07) is 11.2. The third kappa shape index (κ3) is 5.09. The Hall–Kier alpha value is -2.56. The van der Waals surface area contributed by atoms with Crippen molar-refractivity contribution in [2.45, 2.75) is 20.3 Å². The van der Waals surface area contributed by atoms with Crippen LogP contribution in [0.1, 0.15) is 18.9 Å². The number of carbonyl (C=O) groups excluding carboxylic acids is 1. The molecule has 0 aliphatic carbocycles. The molecule has 22 heavy (non-hydrogen) atoms. The molecule has 2 aromatic rings. The zero-order valence-electron chi connectivity index (χ0n) is 12.9. The van der Waals surface area contributed by atoms with Gasteiger partial charge in [0, 0.05) is 6.54 Å². The summed E-state index contributed by atoms with van der Waals surface area (Å²) in [5, 5.41) is 5.93. The number of nitrogens with zero attached hydrogens (tertiary/aromatic N) is 1. The van der Waals surface area contributed by atoms with Crippen LogP contribution >= 0.6 is 0 Å². The molecule has 0 aliphatic heterocycles. The molecule has 0 unspecified atom stereocenters. The minimum atomic E-state index is -0.234. The number of aryl methyl sites for hydroxylation is 1. The summed E-state index contributed by atoms with van der Waals surface area (Å²) >= 11 is 0. The maximum absolute atomic E-state index is 11.8. The molecule has 1 heterocycles. The van der Waals surface area contributed by atoms with Gasteiger partial charge in [0.25, 0.3) is 5.91 Å². The van der Waals surface area contributed by atoms with Gasteiger partial charge in [-0.25, -0.2) is 4.98 Å². The normalized spacial score (nSPS) is 10.1.